The summed E-state index contributed by atoms with van der Waals surface area (Å²) >= 11 is 0. The Kier molecular flexibility index (Phi) is 4.41. The minimum Gasteiger partial charge on any atom is -0.508 e. The number of carboxylic acids is 1. The number of fused-ring (bicyclic) bond motifs is 1. The zero-order valence-electron chi connectivity index (χ0n) is 16.2. The summed E-state index contributed by atoms with van der Waals surface area (Å²) in [7, 11) is 0. The highest BCUT2D eigenvalue weighted by Crippen LogP contribution is 2.49. The van der Waals surface area contributed by atoms with Gasteiger partial charge in [-0.3, -0.25) is 4.79 Å². The molecule has 1 fully saturated rings. The molecule has 1 aliphatic carbocycles. The number of aliphatic carboxylic acids is 1. The van der Waals surface area contributed by atoms with Crippen LogP contribution in [-0.4, -0.2) is 20.7 Å². The van der Waals surface area contributed by atoms with Crippen LogP contribution in [-0.2, 0) is 4.79 Å². The van der Waals surface area contributed by atoms with Gasteiger partial charge in [0, 0.05) is 16.8 Å². The van der Waals surface area contributed by atoms with Crippen LogP contribution in [0.3, 0.4) is 0 Å². The molecule has 0 atom stereocenters. The number of nitrogens with zero attached hydrogens (tertiary/aromatic N) is 1. The highest BCUT2D eigenvalue weighted by Gasteiger charge is 2.39. The zero-order chi connectivity index (χ0) is 20.2. The summed E-state index contributed by atoms with van der Waals surface area (Å²) in [6.45, 7) is 5.96. The number of hydrogen-bond acceptors (Lipinski definition) is 2. The molecule has 4 nitrogen and oxygen atoms in total. The first kappa shape index (κ1) is 18.5. The van der Waals surface area contributed by atoms with E-state index >= 15 is 0 Å². The summed E-state index contributed by atoms with van der Waals surface area (Å²) in [5.74, 6) is -0.792. The van der Waals surface area contributed by atoms with E-state index in [0.29, 0.717) is 18.4 Å². The van der Waals surface area contributed by atoms with Crippen molar-refractivity contribution in [2.75, 3.05) is 0 Å². The highest BCUT2D eigenvalue weighted by molar-refractivity contribution is 5.90. The molecular formula is C23H24FNO3. The number of aromatic nitrogens is 1. The second-order valence-corrected chi connectivity index (χ2v) is 8.13. The second kappa shape index (κ2) is 6.66. The smallest absolute Gasteiger partial charge is 0.306 e. The Morgan fingerprint density at radius 3 is 2.50 bits per heavy atom. The van der Waals surface area contributed by atoms with Crippen LogP contribution in [0.1, 0.15) is 55.3 Å². The van der Waals surface area contributed by atoms with Crippen molar-refractivity contribution in [3.05, 3.63) is 59.0 Å². The Hall–Kier alpha value is -2.82. The van der Waals surface area contributed by atoms with Crippen molar-refractivity contribution in [3.8, 4) is 11.4 Å². The first-order chi connectivity index (χ1) is 13.3. The molecule has 1 heterocycles. The van der Waals surface area contributed by atoms with Gasteiger partial charge in [-0.2, -0.15) is 0 Å². The Balaban J connectivity index is 1.98. The molecule has 2 N–H and O–H groups in total. The van der Waals surface area contributed by atoms with Crippen LogP contribution in [0, 0.1) is 18.7 Å². The van der Waals surface area contributed by atoms with E-state index in [0.717, 1.165) is 27.8 Å². The lowest BCUT2D eigenvalue weighted by Gasteiger charge is -2.34. The predicted octanol–water partition coefficient (Wildman–Crippen LogP) is 5.49. The lowest BCUT2D eigenvalue weighted by atomic mass is 9.70. The largest absolute Gasteiger partial charge is 0.508 e. The van der Waals surface area contributed by atoms with Crippen molar-refractivity contribution in [2.24, 2.45) is 5.92 Å². The molecule has 5 heteroatoms. The van der Waals surface area contributed by atoms with Crippen LogP contribution < -0.4 is 0 Å². The van der Waals surface area contributed by atoms with Gasteiger partial charge < -0.3 is 14.8 Å². The van der Waals surface area contributed by atoms with Gasteiger partial charge in [-0.05, 0) is 79.1 Å². The van der Waals surface area contributed by atoms with Crippen LogP contribution in [0.2, 0.25) is 0 Å². The van der Waals surface area contributed by atoms with Gasteiger partial charge in [0.15, 0.2) is 0 Å². The quantitative estimate of drug-likeness (QED) is 0.628. The fraction of sp³-hybridized carbons (Fsp3) is 0.348. The van der Waals surface area contributed by atoms with Gasteiger partial charge in [-0.1, -0.05) is 13.8 Å². The molecule has 0 radical (unpaired) electrons. The lowest BCUT2D eigenvalue weighted by Crippen LogP contribution is -2.29. The summed E-state index contributed by atoms with van der Waals surface area (Å²) in [5, 5.41) is 20.3. The molecule has 3 aromatic rings. The van der Waals surface area contributed by atoms with Gasteiger partial charge in [0.05, 0.1) is 11.4 Å². The molecule has 0 saturated heterocycles. The molecule has 0 bridgehead atoms. The maximum absolute atomic E-state index is 13.9. The molecule has 1 aliphatic rings. The normalized spacial score (nSPS) is 19.2. The second-order valence-electron chi connectivity index (χ2n) is 8.13. The third kappa shape index (κ3) is 2.86. The van der Waals surface area contributed by atoms with Crippen LogP contribution in [0.15, 0.2) is 36.4 Å². The molecule has 28 heavy (non-hydrogen) atoms. The van der Waals surface area contributed by atoms with Crippen LogP contribution in [0.5, 0.6) is 5.75 Å². The van der Waals surface area contributed by atoms with E-state index in [1.165, 1.54) is 6.07 Å². The van der Waals surface area contributed by atoms with Crippen molar-refractivity contribution in [1.29, 1.82) is 0 Å². The Morgan fingerprint density at radius 1 is 1.18 bits per heavy atom. The summed E-state index contributed by atoms with van der Waals surface area (Å²) in [6.07, 6.45) is 1.21. The van der Waals surface area contributed by atoms with Gasteiger partial charge in [0.2, 0.25) is 0 Å². The molecule has 0 amide bonds. The number of aromatic hydroxyl groups is 1. The molecule has 146 valence electrons. The molecule has 0 spiro atoms. The summed E-state index contributed by atoms with van der Waals surface area (Å²) < 4.78 is 16.0. The van der Waals surface area contributed by atoms with Gasteiger partial charge in [-0.25, -0.2) is 4.39 Å². The van der Waals surface area contributed by atoms with E-state index in [2.05, 4.69) is 18.4 Å². The number of phenols is 1. The average Bonchev–Trinajstić information content (AvgIpc) is 2.90. The van der Waals surface area contributed by atoms with Gasteiger partial charge >= 0.3 is 5.97 Å². The molecular weight excluding hydrogens is 357 g/mol. The number of halogens is 1. The van der Waals surface area contributed by atoms with Crippen molar-refractivity contribution in [2.45, 2.75) is 45.4 Å². The fourth-order valence-corrected chi connectivity index (χ4v) is 4.42. The highest BCUT2D eigenvalue weighted by atomic mass is 19.1. The van der Waals surface area contributed by atoms with Gasteiger partial charge in [0.25, 0.3) is 0 Å². The zero-order valence-corrected chi connectivity index (χ0v) is 16.2. The molecule has 1 aromatic heterocycles. The van der Waals surface area contributed by atoms with Crippen molar-refractivity contribution in [3.63, 3.8) is 0 Å². The molecule has 2 aromatic carbocycles. The van der Waals surface area contributed by atoms with Crippen molar-refractivity contribution in [1.82, 2.24) is 4.57 Å². The van der Waals surface area contributed by atoms with E-state index in [1.807, 2.05) is 12.1 Å². The average molecular weight is 381 g/mol. The number of phenolic OH excluding ortho intramolecular Hbond substituents is 1. The summed E-state index contributed by atoms with van der Waals surface area (Å²) in [6, 6.07) is 10.4. The van der Waals surface area contributed by atoms with Crippen molar-refractivity contribution >= 4 is 16.9 Å². The summed E-state index contributed by atoms with van der Waals surface area (Å²) in [4.78, 5) is 11.3. The molecule has 4 rings (SSSR count). The van der Waals surface area contributed by atoms with E-state index in [9.17, 15) is 19.4 Å². The van der Waals surface area contributed by atoms with E-state index in [4.69, 9.17) is 0 Å². The van der Waals surface area contributed by atoms with Gasteiger partial charge in [0.1, 0.15) is 11.6 Å². The Bertz CT molecular complexity index is 1080. The number of carbonyl (C=O) groups is 1. The maximum Gasteiger partial charge on any atom is 0.306 e. The molecule has 1 saturated carbocycles. The first-order valence-electron chi connectivity index (χ1n) is 9.64. The van der Waals surface area contributed by atoms with E-state index < -0.39 is 5.97 Å². The SMILES string of the molecule is Cc1cc(-n2c(C(C)C)c(C3CC(C(=O)O)C3)c3cc(O)ccc32)ccc1F. The third-order valence-corrected chi connectivity index (χ3v) is 5.87. The molecule has 0 aliphatic heterocycles. The minimum absolute atomic E-state index is 0.144. The van der Waals surface area contributed by atoms with E-state index in [-0.39, 0.29) is 29.3 Å². The maximum atomic E-state index is 13.9. The third-order valence-electron chi connectivity index (χ3n) is 5.87. The summed E-state index contributed by atoms with van der Waals surface area (Å²) in [5.41, 5.74) is 4.60. The number of rotatable bonds is 4. The Morgan fingerprint density at radius 2 is 1.89 bits per heavy atom. The number of aryl methyl sites for hydroxylation is 1. The lowest BCUT2D eigenvalue weighted by molar-refractivity contribution is -0.145. The molecule has 0 unspecified atom stereocenters. The fourth-order valence-electron chi connectivity index (χ4n) is 4.42. The van der Waals surface area contributed by atoms with Crippen molar-refractivity contribution < 1.29 is 19.4 Å². The standard InChI is InChI=1S/C23H24FNO3/c1-12(2)22-21(14-9-15(10-14)23(27)28)18-11-17(26)5-7-20(18)25(22)16-4-6-19(24)13(3)8-16/h4-8,11-12,14-15,26H,9-10H2,1-3H3,(H,27,28). The predicted molar refractivity (Wildman–Crippen MR) is 107 cm³/mol. The Labute approximate surface area is 163 Å². The van der Waals surface area contributed by atoms with Crippen LogP contribution in [0.25, 0.3) is 16.6 Å². The van der Waals surface area contributed by atoms with Crippen LogP contribution >= 0.6 is 0 Å². The topological polar surface area (TPSA) is 62.5 Å². The monoisotopic (exact) mass is 381 g/mol. The number of hydrogen-bond donors (Lipinski definition) is 2. The first-order valence-corrected chi connectivity index (χ1v) is 9.64. The van der Waals surface area contributed by atoms with Gasteiger partial charge in [-0.15, -0.1) is 0 Å². The minimum atomic E-state index is -0.747. The number of carboxylic acid groups (broad SMARTS) is 1. The van der Waals surface area contributed by atoms with Crippen LogP contribution in [0.4, 0.5) is 4.39 Å². The van der Waals surface area contributed by atoms with E-state index in [1.54, 1.807) is 25.1 Å². The number of benzene rings is 2.